The zero-order valence-corrected chi connectivity index (χ0v) is 18.3. The number of hydrogen-bond acceptors (Lipinski definition) is 5. The number of carbonyl (C=O) groups is 2. The first-order valence-electron chi connectivity index (χ1n) is 10.6. The molecule has 1 fully saturated rings. The molecule has 3 rings (SSSR count). The van der Waals surface area contributed by atoms with Gasteiger partial charge < -0.3 is 19.5 Å². The molecule has 1 aliphatic rings. The Morgan fingerprint density at radius 1 is 1.00 bits per heavy atom. The molecule has 1 N–H and O–H groups in total. The van der Waals surface area contributed by atoms with E-state index in [0.29, 0.717) is 24.5 Å². The molecule has 2 aromatic carbocycles. The third kappa shape index (κ3) is 4.80. The van der Waals surface area contributed by atoms with Crippen molar-refractivity contribution in [2.45, 2.75) is 32.7 Å². The van der Waals surface area contributed by atoms with Crippen LogP contribution in [-0.4, -0.2) is 48.6 Å². The van der Waals surface area contributed by atoms with Crippen LogP contribution in [0.5, 0.6) is 5.75 Å². The first-order chi connectivity index (χ1) is 15.0. The highest BCUT2D eigenvalue weighted by molar-refractivity contribution is 6.46. The average molecular weight is 424 g/mol. The molecule has 1 heterocycles. The average Bonchev–Trinajstić information content (AvgIpc) is 3.06. The summed E-state index contributed by atoms with van der Waals surface area (Å²) < 4.78 is 10.7. The van der Waals surface area contributed by atoms with E-state index < -0.39 is 17.7 Å². The number of aliphatic hydroxyl groups excluding tert-OH is 1. The lowest BCUT2D eigenvalue weighted by molar-refractivity contribution is -0.140. The summed E-state index contributed by atoms with van der Waals surface area (Å²) in [7, 11) is 1.55. The summed E-state index contributed by atoms with van der Waals surface area (Å²) in [5, 5.41) is 11.1. The SMILES string of the molecule is CCCOc1ccc(/C(O)=C2/C(=O)C(=O)N(CCOC)C2c2ccc(CC)cc2)cc1. The number of Topliss-reactive ketones (excluding diaryl/α,β-unsaturated/α-hetero) is 1. The van der Waals surface area contributed by atoms with Crippen LogP contribution >= 0.6 is 0 Å². The Morgan fingerprint density at radius 2 is 1.68 bits per heavy atom. The van der Waals surface area contributed by atoms with Gasteiger partial charge in [-0.3, -0.25) is 9.59 Å². The molecule has 6 heteroatoms. The number of benzene rings is 2. The molecule has 2 aromatic rings. The first-order valence-corrected chi connectivity index (χ1v) is 10.6. The van der Waals surface area contributed by atoms with Gasteiger partial charge >= 0.3 is 0 Å². The largest absolute Gasteiger partial charge is 0.507 e. The quantitative estimate of drug-likeness (QED) is 0.373. The van der Waals surface area contributed by atoms with Crippen LogP contribution in [0.1, 0.15) is 43.0 Å². The van der Waals surface area contributed by atoms with Crippen LogP contribution in [0.25, 0.3) is 5.76 Å². The van der Waals surface area contributed by atoms with Crippen molar-refractivity contribution < 1.29 is 24.2 Å². The maximum absolute atomic E-state index is 12.9. The monoisotopic (exact) mass is 423 g/mol. The molecule has 0 aliphatic carbocycles. The van der Waals surface area contributed by atoms with Crippen LogP contribution in [0, 0.1) is 0 Å². The van der Waals surface area contributed by atoms with E-state index in [1.165, 1.54) is 4.90 Å². The van der Waals surface area contributed by atoms with Gasteiger partial charge in [-0.25, -0.2) is 0 Å². The lowest BCUT2D eigenvalue weighted by atomic mass is 9.94. The van der Waals surface area contributed by atoms with Gasteiger partial charge in [-0.2, -0.15) is 0 Å². The summed E-state index contributed by atoms with van der Waals surface area (Å²) in [4.78, 5) is 27.2. The van der Waals surface area contributed by atoms with E-state index >= 15 is 0 Å². The Balaban J connectivity index is 2.04. The van der Waals surface area contributed by atoms with Gasteiger partial charge in [0.15, 0.2) is 0 Å². The molecule has 1 saturated heterocycles. The number of likely N-dealkylation sites (tertiary alicyclic amines) is 1. The van der Waals surface area contributed by atoms with Crippen LogP contribution < -0.4 is 4.74 Å². The standard InChI is InChI=1S/C25H29NO5/c1-4-15-31-20-12-10-19(11-13-20)23(27)21-22(18-8-6-17(5-2)7-9-18)26(14-16-30-3)25(29)24(21)28/h6-13,22,27H,4-5,14-16H2,1-3H3/b23-21-. The number of carbonyl (C=O) groups excluding carboxylic acids is 2. The lowest BCUT2D eigenvalue weighted by Crippen LogP contribution is -2.32. The van der Waals surface area contributed by atoms with E-state index in [1.54, 1.807) is 31.4 Å². The minimum absolute atomic E-state index is 0.0904. The van der Waals surface area contributed by atoms with E-state index in [1.807, 2.05) is 31.2 Å². The van der Waals surface area contributed by atoms with E-state index in [4.69, 9.17) is 9.47 Å². The fourth-order valence-electron chi connectivity index (χ4n) is 3.67. The highest BCUT2D eigenvalue weighted by atomic mass is 16.5. The van der Waals surface area contributed by atoms with Gasteiger partial charge in [-0.05, 0) is 48.2 Å². The number of aryl methyl sites for hydroxylation is 1. The molecule has 6 nitrogen and oxygen atoms in total. The van der Waals surface area contributed by atoms with Crippen molar-refractivity contribution in [1.29, 1.82) is 0 Å². The number of ketones is 1. The Morgan fingerprint density at radius 3 is 2.26 bits per heavy atom. The van der Waals surface area contributed by atoms with Gasteiger partial charge in [-0.15, -0.1) is 0 Å². The van der Waals surface area contributed by atoms with Crippen LogP contribution in [0.4, 0.5) is 0 Å². The number of nitrogens with zero attached hydrogens (tertiary/aromatic N) is 1. The van der Waals surface area contributed by atoms with Crippen molar-refractivity contribution in [3.63, 3.8) is 0 Å². The molecule has 1 aliphatic heterocycles. The van der Waals surface area contributed by atoms with Crippen molar-refractivity contribution >= 4 is 17.4 Å². The normalized spacial score (nSPS) is 17.9. The molecule has 0 bridgehead atoms. The molecule has 1 amide bonds. The second-order valence-corrected chi connectivity index (χ2v) is 7.45. The van der Waals surface area contributed by atoms with E-state index in [0.717, 1.165) is 24.0 Å². The third-order valence-corrected chi connectivity index (χ3v) is 5.38. The van der Waals surface area contributed by atoms with Gasteiger partial charge in [0.25, 0.3) is 11.7 Å². The first kappa shape index (κ1) is 22.6. The van der Waals surface area contributed by atoms with Gasteiger partial charge in [-0.1, -0.05) is 38.1 Å². The number of amides is 1. The number of aliphatic hydroxyl groups is 1. The molecule has 0 radical (unpaired) electrons. The van der Waals surface area contributed by atoms with Crippen molar-refractivity contribution in [3.8, 4) is 5.75 Å². The minimum atomic E-state index is -0.690. The highest BCUT2D eigenvalue weighted by Gasteiger charge is 2.45. The van der Waals surface area contributed by atoms with E-state index in [2.05, 4.69) is 6.92 Å². The summed E-state index contributed by atoms with van der Waals surface area (Å²) in [6.07, 6.45) is 1.78. The number of ether oxygens (including phenoxy) is 2. The van der Waals surface area contributed by atoms with Crippen LogP contribution in [0.2, 0.25) is 0 Å². The maximum Gasteiger partial charge on any atom is 0.295 e. The maximum atomic E-state index is 12.9. The molecular weight excluding hydrogens is 394 g/mol. The second kappa shape index (κ2) is 10.3. The Kier molecular flexibility index (Phi) is 7.47. The highest BCUT2D eigenvalue weighted by Crippen LogP contribution is 2.39. The summed E-state index contributed by atoms with van der Waals surface area (Å²) in [5.41, 5.74) is 2.48. The van der Waals surface area contributed by atoms with Crippen molar-refractivity contribution in [2.24, 2.45) is 0 Å². The number of rotatable bonds is 9. The summed E-state index contributed by atoms with van der Waals surface area (Å²) >= 11 is 0. The van der Waals surface area contributed by atoms with Crippen LogP contribution in [-0.2, 0) is 20.7 Å². The summed E-state index contributed by atoms with van der Waals surface area (Å²) in [5.74, 6) is -0.828. The van der Waals surface area contributed by atoms with Crippen molar-refractivity contribution in [2.75, 3.05) is 26.9 Å². The molecule has 0 spiro atoms. The fourth-order valence-corrected chi connectivity index (χ4v) is 3.67. The molecule has 0 aromatic heterocycles. The topological polar surface area (TPSA) is 76.1 Å². The summed E-state index contributed by atoms with van der Waals surface area (Å²) in [6, 6.07) is 14.0. The smallest absolute Gasteiger partial charge is 0.295 e. The number of methoxy groups -OCH3 is 1. The van der Waals surface area contributed by atoms with Gasteiger partial charge in [0.05, 0.1) is 24.8 Å². The molecular formula is C25H29NO5. The van der Waals surface area contributed by atoms with Crippen molar-refractivity contribution in [1.82, 2.24) is 4.90 Å². The molecule has 1 atom stereocenters. The third-order valence-electron chi connectivity index (χ3n) is 5.38. The van der Waals surface area contributed by atoms with Gasteiger partial charge in [0, 0.05) is 19.2 Å². The molecule has 164 valence electrons. The van der Waals surface area contributed by atoms with Crippen molar-refractivity contribution in [3.05, 3.63) is 70.8 Å². The molecule has 1 unspecified atom stereocenters. The Hall–Kier alpha value is -3.12. The van der Waals surface area contributed by atoms with E-state index in [-0.39, 0.29) is 17.9 Å². The Bertz CT molecular complexity index is 947. The predicted molar refractivity (Wildman–Crippen MR) is 119 cm³/mol. The predicted octanol–water partition coefficient (Wildman–Crippen LogP) is 4.11. The zero-order chi connectivity index (χ0) is 22.4. The van der Waals surface area contributed by atoms with E-state index in [9.17, 15) is 14.7 Å². The fraction of sp³-hybridized carbons (Fsp3) is 0.360. The van der Waals surface area contributed by atoms with Gasteiger partial charge in [0.1, 0.15) is 11.5 Å². The Labute approximate surface area is 183 Å². The zero-order valence-electron chi connectivity index (χ0n) is 18.3. The second-order valence-electron chi connectivity index (χ2n) is 7.45. The minimum Gasteiger partial charge on any atom is -0.507 e. The lowest BCUT2D eigenvalue weighted by Gasteiger charge is -2.25. The number of hydrogen-bond donors (Lipinski definition) is 1. The van der Waals surface area contributed by atoms with Crippen LogP contribution in [0.15, 0.2) is 54.1 Å². The molecule has 0 saturated carbocycles. The van der Waals surface area contributed by atoms with Gasteiger partial charge in [0.2, 0.25) is 0 Å². The summed E-state index contributed by atoms with van der Waals surface area (Å²) in [6.45, 7) is 5.23. The van der Waals surface area contributed by atoms with Crippen LogP contribution in [0.3, 0.4) is 0 Å². The molecule has 31 heavy (non-hydrogen) atoms.